The number of likely N-dealkylation sites (tertiary alicyclic amines) is 1. The summed E-state index contributed by atoms with van der Waals surface area (Å²) in [5, 5.41) is 2.87. The fraction of sp³-hybridized carbons (Fsp3) is 0.304. The first-order valence-electron chi connectivity index (χ1n) is 10.1. The van der Waals surface area contributed by atoms with Crippen LogP contribution >= 0.6 is 0 Å². The van der Waals surface area contributed by atoms with E-state index in [1.54, 1.807) is 23.1 Å². The number of amides is 2. The molecule has 2 heterocycles. The van der Waals surface area contributed by atoms with Gasteiger partial charge in [-0.25, -0.2) is 0 Å². The average Bonchev–Trinajstić information content (AvgIpc) is 3.25. The van der Waals surface area contributed by atoms with E-state index in [9.17, 15) is 22.8 Å². The van der Waals surface area contributed by atoms with E-state index in [2.05, 4.69) is 5.32 Å². The first-order valence-corrected chi connectivity index (χ1v) is 10.1. The van der Waals surface area contributed by atoms with Crippen LogP contribution in [0.2, 0.25) is 0 Å². The number of carbonyl (C=O) groups excluding carboxylic acids is 2. The fourth-order valence-electron chi connectivity index (χ4n) is 3.67. The van der Waals surface area contributed by atoms with Gasteiger partial charge in [-0.15, -0.1) is 0 Å². The largest absolute Gasteiger partial charge is 0.454 e. The molecule has 2 aliphatic rings. The van der Waals surface area contributed by atoms with Gasteiger partial charge in [0.15, 0.2) is 11.5 Å². The molecule has 6 nitrogen and oxygen atoms in total. The first-order chi connectivity index (χ1) is 15.3. The lowest BCUT2D eigenvalue weighted by Crippen LogP contribution is -2.40. The van der Waals surface area contributed by atoms with Crippen molar-refractivity contribution in [2.45, 2.75) is 19.0 Å². The van der Waals surface area contributed by atoms with Crippen LogP contribution in [0.4, 0.5) is 18.9 Å². The third kappa shape index (κ3) is 5.04. The summed E-state index contributed by atoms with van der Waals surface area (Å²) in [7, 11) is 0. The summed E-state index contributed by atoms with van der Waals surface area (Å²) in [5.74, 6) is 0.549. The SMILES string of the molecule is O=C(Nc1ccc2c(c1)OCO2)C1CCN(C(=O)/C=C/c2cccc(C(F)(F)F)c2)CC1. The highest BCUT2D eigenvalue weighted by atomic mass is 19.4. The number of hydrogen-bond acceptors (Lipinski definition) is 4. The molecule has 1 fully saturated rings. The van der Waals surface area contributed by atoms with E-state index in [1.165, 1.54) is 24.3 Å². The molecule has 9 heteroatoms. The van der Waals surface area contributed by atoms with Crippen LogP contribution in [0.15, 0.2) is 48.5 Å². The number of alkyl halides is 3. The number of nitrogens with zero attached hydrogens (tertiary/aromatic N) is 1. The molecule has 2 aliphatic heterocycles. The molecule has 0 bridgehead atoms. The van der Waals surface area contributed by atoms with Gasteiger partial charge in [-0.1, -0.05) is 12.1 Å². The number of anilines is 1. The summed E-state index contributed by atoms with van der Waals surface area (Å²) in [4.78, 5) is 26.6. The zero-order chi connectivity index (χ0) is 22.7. The van der Waals surface area contributed by atoms with Crippen LogP contribution in [0.25, 0.3) is 6.08 Å². The Hall–Kier alpha value is -3.49. The molecule has 0 aromatic heterocycles. The standard InChI is InChI=1S/C23H21F3N2O4/c24-23(25,26)17-3-1-2-15(12-17)4-7-21(29)28-10-8-16(9-11-28)22(30)27-18-5-6-19-20(13-18)32-14-31-19/h1-7,12-13,16H,8-11,14H2,(H,27,30)/b7-4+. The summed E-state index contributed by atoms with van der Waals surface area (Å²) < 4.78 is 49.0. The molecule has 1 N–H and O–H groups in total. The van der Waals surface area contributed by atoms with Crippen molar-refractivity contribution >= 4 is 23.6 Å². The molecule has 1 saturated heterocycles. The minimum Gasteiger partial charge on any atom is -0.454 e. The minimum absolute atomic E-state index is 0.129. The van der Waals surface area contributed by atoms with Crippen molar-refractivity contribution < 1.29 is 32.2 Å². The Morgan fingerprint density at radius 2 is 1.78 bits per heavy atom. The molecule has 0 unspecified atom stereocenters. The maximum absolute atomic E-state index is 12.8. The third-order valence-electron chi connectivity index (χ3n) is 5.45. The molecule has 168 valence electrons. The van der Waals surface area contributed by atoms with Crippen molar-refractivity contribution in [2.75, 3.05) is 25.2 Å². The van der Waals surface area contributed by atoms with E-state index in [0.29, 0.717) is 48.7 Å². The normalized spacial score (nSPS) is 16.4. The number of fused-ring (bicyclic) bond motifs is 1. The molecule has 0 aliphatic carbocycles. The number of piperidine rings is 1. The van der Waals surface area contributed by atoms with Crippen molar-refractivity contribution in [3.63, 3.8) is 0 Å². The van der Waals surface area contributed by atoms with Gasteiger partial charge in [-0.3, -0.25) is 9.59 Å². The van der Waals surface area contributed by atoms with Crippen molar-refractivity contribution in [3.05, 3.63) is 59.7 Å². The lowest BCUT2D eigenvalue weighted by molar-refractivity contribution is -0.137. The second-order valence-electron chi connectivity index (χ2n) is 7.61. The van der Waals surface area contributed by atoms with Gasteiger partial charge in [0.2, 0.25) is 18.6 Å². The van der Waals surface area contributed by atoms with E-state index in [4.69, 9.17) is 9.47 Å². The van der Waals surface area contributed by atoms with Crippen molar-refractivity contribution in [1.29, 1.82) is 0 Å². The van der Waals surface area contributed by atoms with E-state index in [1.807, 2.05) is 0 Å². The number of rotatable bonds is 4. The number of ether oxygens (including phenoxy) is 2. The molecule has 32 heavy (non-hydrogen) atoms. The van der Waals surface area contributed by atoms with E-state index < -0.39 is 11.7 Å². The number of benzene rings is 2. The predicted molar refractivity (Wildman–Crippen MR) is 111 cm³/mol. The highest BCUT2D eigenvalue weighted by Crippen LogP contribution is 2.34. The number of nitrogens with one attached hydrogen (secondary N) is 1. The van der Waals surface area contributed by atoms with Crippen LogP contribution in [0, 0.1) is 5.92 Å². The Kier molecular flexibility index (Phi) is 6.07. The Balaban J connectivity index is 1.29. The van der Waals surface area contributed by atoms with Crippen LogP contribution in [0.3, 0.4) is 0 Å². The highest BCUT2D eigenvalue weighted by Gasteiger charge is 2.30. The summed E-state index contributed by atoms with van der Waals surface area (Å²) >= 11 is 0. The average molecular weight is 446 g/mol. The molecule has 2 amide bonds. The Bertz CT molecular complexity index is 1040. The maximum Gasteiger partial charge on any atom is 0.416 e. The van der Waals surface area contributed by atoms with Gasteiger partial charge >= 0.3 is 6.18 Å². The number of hydrogen-bond donors (Lipinski definition) is 1. The van der Waals surface area contributed by atoms with Gasteiger partial charge < -0.3 is 19.7 Å². The summed E-state index contributed by atoms with van der Waals surface area (Å²) in [6.45, 7) is 0.942. The fourth-order valence-corrected chi connectivity index (χ4v) is 3.67. The van der Waals surface area contributed by atoms with Crippen LogP contribution in [-0.2, 0) is 15.8 Å². The molecule has 4 rings (SSSR count). The topological polar surface area (TPSA) is 67.9 Å². The van der Waals surface area contributed by atoms with Gasteiger partial charge in [0.25, 0.3) is 0 Å². The van der Waals surface area contributed by atoms with Gasteiger partial charge in [0.05, 0.1) is 5.56 Å². The van der Waals surface area contributed by atoms with Gasteiger partial charge in [0, 0.05) is 36.8 Å². The quantitative estimate of drug-likeness (QED) is 0.711. The number of halogens is 3. The van der Waals surface area contributed by atoms with Crippen LogP contribution in [0.1, 0.15) is 24.0 Å². The molecular weight excluding hydrogens is 425 g/mol. The second kappa shape index (κ2) is 8.94. The molecule has 0 spiro atoms. The summed E-state index contributed by atoms with van der Waals surface area (Å²) in [6, 6.07) is 9.97. The molecule has 0 saturated carbocycles. The van der Waals surface area contributed by atoms with Crippen LogP contribution < -0.4 is 14.8 Å². The predicted octanol–water partition coefficient (Wildman–Crippen LogP) is 4.32. The van der Waals surface area contributed by atoms with Crippen molar-refractivity contribution in [2.24, 2.45) is 5.92 Å². The zero-order valence-corrected chi connectivity index (χ0v) is 17.0. The first kappa shape index (κ1) is 21.7. The third-order valence-corrected chi connectivity index (χ3v) is 5.45. The lowest BCUT2D eigenvalue weighted by atomic mass is 9.95. The number of carbonyl (C=O) groups is 2. The Labute approximate surface area is 182 Å². The zero-order valence-electron chi connectivity index (χ0n) is 17.0. The molecule has 0 radical (unpaired) electrons. The van der Waals surface area contributed by atoms with Crippen molar-refractivity contribution in [1.82, 2.24) is 4.90 Å². The van der Waals surface area contributed by atoms with E-state index in [0.717, 1.165) is 12.1 Å². The van der Waals surface area contributed by atoms with Crippen LogP contribution in [0.5, 0.6) is 11.5 Å². The van der Waals surface area contributed by atoms with Gasteiger partial charge in [-0.2, -0.15) is 13.2 Å². The lowest BCUT2D eigenvalue weighted by Gasteiger charge is -2.30. The smallest absolute Gasteiger partial charge is 0.416 e. The molecule has 2 aromatic carbocycles. The molecule has 0 atom stereocenters. The van der Waals surface area contributed by atoms with E-state index >= 15 is 0 Å². The van der Waals surface area contributed by atoms with Gasteiger partial charge in [-0.05, 0) is 48.7 Å². The van der Waals surface area contributed by atoms with Gasteiger partial charge in [0.1, 0.15) is 0 Å². The highest BCUT2D eigenvalue weighted by molar-refractivity contribution is 5.94. The Morgan fingerprint density at radius 3 is 2.53 bits per heavy atom. The minimum atomic E-state index is -4.43. The Morgan fingerprint density at radius 1 is 1.03 bits per heavy atom. The molecular formula is C23H21F3N2O4. The maximum atomic E-state index is 12.8. The van der Waals surface area contributed by atoms with Crippen LogP contribution in [-0.4, -0.2) is 36.6 Å². The second-order valence-corrected chi connectivity index (χ2v) is 7.61. The summed E-state index contributed by atoms with van der Waals surface area (Å²) in [6.07, 6.45) is -0.797. The molecule has 2 aromatic rings. The summed E-state index contributed by atoms with van der Waals surface area (Å²) in [5.41, 5.74) is 0.148. The van der Waals surface area contributed by atoms with Crippen molar-refractivity contribution in [3.8, 4) is 11.5 Å². The van der Waals surface area contributed by atoms with E-state index in [-0.39, 0.29) is 24.5 Å². The monoisotopic (exact) mass is 446 g/mol.